The van der Waals surface area contributed by atoms with Gasteiger partial charge in [-0.2, -0.15) is 0 Å². The summed E-state index contributed by atoms with van der Waals surface area (Å²) in [6.45, 7) is 9.87. The zero-order chi connectivity index (χ0) is 17.0. The lowest BCUT2D eigenvalue weighted by Gasteiger charge is -2.43. The van der Waals surface area contributed by atoms with Crippen molar-refractivity contribution in [3.05, 3.63) is 34.3 Å². The van der Waals surface area contributed by atoms with E-state index in [1.165, 1.54) is 0 Å². The fourth-order valence-corrected chi connectivity index (χ4v) is 3.33. The van der Waals surface area contributed by atoms with E-state index >= 15 is 0 Å². The molecule has 6 heteroatoms. The van der Waals surface area contributed by atoms with Crippen LogP contribution in [0, 0.1) is 0 Å². The molecule has 1 aromatic carbocycles. The molecule has 1 N–H and O–H groups in total. The Morgan fingerprint density at radius 3 is 2.48 bits per heavy atom. The molecule has 128 valence electrons. The van der Waals surface area contributed by atoms with Crippen molar-refractivity contribution in [2.75, 3.05) is 39.9 Å². The lowest BCUT2D eigenvalue weighted by Crippen LogP contribution is -2.56. The topological polar surface area (TPSA) is 53.0 Å². The van der Waals surface area contributed by atoms with E-state index in [9.17, 15) is 4.79 Å². The Hall–Kier alpha value is -1.14. The average Bonchev–Trinajstić information content (AvgIpc) is 2.47. The number of halogens is 1. The van der Waals surface area contributed by atoms with Gasteiger partial charge in [0.15, 0.2) is 0 Å². The predicted octanol–water partition coefficient (Wildman–Crippen LogP) is 2.58. The van der Waals surface area contributed by atoms with E-state index in [0.717, 1.165) is 44.9 Å². The number of hydrogen-bond acceptors (Lipinski definition) is 4. The molecule has 5 nitrogen and oxygen atoms in total. The molecule has 1 fully saturated rings. The van der Waals surface area contributed by atoms with Crippen molar-refractivity contribution in [1.82, 2.24) is 9.80 Å². The number of carbonyl (C=O) groups is 1. The van der Waals surface area contributed by atoms with Crippen LogP contribution in [0.4, 0.5) is 0 Å². The van der Waals surface area contributed by atoms with Crippen LogP contribution in [0.5, 0.6) is 0 Å². The van der Waals surface area contributed by atoms with E-state index in [1.54, 1.807) is 19.2 Å². The Morgan fingerprint density at radius 2 is 1.96 bits per heavy atom. The van der Waals surface area contributed by atoms with Gasteiger partial charge in [-0.3, -0.25) is 9.80 Å². The van der Waals surface area contributed by atoms with Crippen molar-refractivity contribution in [1.29, 1.82) is 0 Å². The van der Waals surface area contributed by atoms with Gasteiger partial charge < -0.3 is 9.84 Å². The first-order valence-electron chi connectivity index (χ1n) is 7.81. The van der Waals surface area contributed by atoms with Gasteiger partial charge in [-0.1, -0.05) is 17.7 Å². The first kappa shape index (κ1) is 18.2. The summed E-state index contributed by atoms with van der Waals surface area (Å²) in [6, 6.07) is 5.18. The molecule has 0 saturated carbocycles. The van der Waals surface area contributed by atoms with Gasteiger partial charge in [0.2, 0.25) is 0 Å². The molecular formula is C17H25ClN2O3. The molecule has 0 atom stereocenters. The largest absolute Gasteiger partial charge is 0.478 e. The maximum atomic E-state index is 11.0. The molecule has 0 spiro atoms. The van der Waals surface area contributed by atoms with Crippen LogP contribution in [0.25, 0.3) is 0 Å². The third-order valence-corrected chi connectivity index (χ3v) is 4.71. The lowest BCUT2D eigenvalue weighted by atomic mass is 10.0. The van der Waals surface area contributed by atoms with E-state index in [-0.39, 0.29) is 11.1 Å². The SMILES string of the molecule is COCC(C)(C)N1CCN(Cc2ccc(C(=O)O)c(Cl)c2)CC1. The Balaban J connectivity index is 1.92. The van der Waals surface area contributed by atoms with Crippen LogP contribution in [0.3, 0.4) is 0 Å². The average molecular weight is 341 g/mol. The van der Waals surface area contributed by atoms with E-state index in [0.29, 0.717) is 5.02 Å². The van der Waals surface area contributed by atoms with Crippen LogP contribution in [-0.2, 0) is 11.3 Å². The van der Waals surface area contributed by atoms with Gasteiger partial charge in [-0.05, 0) is 31.5 Å². The second-order valence-corrected chi connectivity index (χ2v) is 7.04. The van der Waals surface area contributed by atoms with Crippen LogP contribution in [-0.4, -0.2) is 66.3 Å². The highest BCUT2D eigenvalue weighted by molar-refractivity contribution is 6.33. The molecule has 0 unspecified atom stereocenters. The Morgan fingerprint density at radius 1 is 1.30 bits per heavy atom. The third kappa shape index (κ3) is 4.67. The van der Waals surface area contributed by atoms with Crippen molar-refractivity contribution in [2.45, 2.75) is 25.9 Å². The molecule has 1 saturated heterocycles. The summed E-state index contributed by atoms with van der Waals surface area (Å²) in [6.07, 6.45) is 0. The second kappa shape index (κ2) is 7.62. The Labute approximate surface area is 142 Å². The van der Waals surface area contributed by atoms with Crippen LogP contribution < -0.4 is 0 Å². The molecular weight excluding hydrogens is 316 g/mol. The number of ether oxygens (including phenoxy) is 1. The molecule has 0 amide bonds. The summed E-state index contributed by atoms with van der Waals surface area (Å²) < 4.78 is 5.31. The zero-order valence-corrected chi connectivity index (χ0v) is 14.8. The minimum atomic E-state index is -0.990. The summed E-state index contributed by atoms with van der Waals surface area (Å²) in [5.41, 5.74) is 1.25. The number of rotatable bonds is 6. The Bertz CT molecular complexity index is 555. The monoisotopic (exact) mass is 340 g/mol. The highest BCUT2D eigenvalue weighted by Crippen LogP contribution is 2.21. The second-order valence-electron chi connectivity index (χ2n) is 6.63. The highest BCUT2D eigenvalue weighted by atomic mass is 35.5. The molecule has 0 radical (unpaired) electrons. The zero-order valence-electron chi connectivity index (χ0n) is 14.0. The first-order chi connectivity index (χ1) is 10.8. The maximum absolute atomic E-state index is 11.0. The summed E-state index contributed by atoms with van der Waals surface area (Å²) in [5, 5.41) is 9.32. The fraction of sp³-hybridized carbons (Fsp3) is 0.588. The molecule has 1 aliphatic rings. The van der Waals surface area contributed by atoms with Gasteiger partial charge in [0.1, 0.15) is 0 Å². The smallest absolute Gasteiger partial charge is 0.337 e. The van der Waals surface area contributed by atoms with Crippen LogP contribution in [0.1, 0.15) is 29.8 Å². The van der Waals surface area contributed by atoms with E-state index < -0.39 is 5.97 Å². The summed E-state index contributed by atoms with van der Waals surface area (Å²) in [5.74, 6) is -0.990. The van der Waals surface area contributed by atoms with E-state index in [1.807, 2.05) is 6.07 Å². The number of carboxylic acids is 1. The van der Waals surface area contributed by atoms with Crippen LogP contribution in [0.2, 0.25) is 5.02 Å². The van der Waals surface area contributed by atoms with Gasteiger partial charge in [-0.15, -0.1) is 0 Å². The fourth-order valence-electron chi connectivity index (χ4n) is 3.04. The predicted molar refractivity (Wildman–Crippen MR) is 91.2 cm³/mol. The molecule has 1 aliphatic heterocycles. The molecule has 0 aliphatic carbocycles. The highest BCUT2D eigenvalue weighted by Gasteiger charge is 2.29. The minimum absolute atomic E-state index is 0.0489. The minimum Gasteiger partial charge on any atom is -0.478 e. The van der Waals surface area contributed by atoms with E-state index in [2.05, 4.69) is 23.6 Å². The number of benzene rings is 1. The number of nitrogens with zero attached hydrogens (tertiary/aromatic N) is 2. The molecule has 1 heterocycles. The quantitative estimate of drug-likeness (QED) is 0.862. The number of hydrogen-bond donors (Lipinski definition) is 1. The van der Waals surface area contributed by atoms with Crippen molar-refractivity contribution in [2.24, 2.45) is 0 Å². The molecule has 0 aromatic heterocycles. The van der Waals surface area contributed by atoms with Gasteiger partial charge in [0, 0.05) is 45.4 Å². The van der Waals surface area contributed by atoms with E-state index in [4.69, 9.17) is 21.4 Å². The molecule has 2 rings (SSSR count). The normalized spacial score (nSPS) is 17.4. The van der Waals surface area contributed by atoms with Crippen molar-refractivity contribution < 1.29 is 14.6 Å². The maximum Gasteiger partial charge on any atom is 0.337 e. The molecule has 1 aromatic rings. The summed E-state index contributed by atoms with van der Waals surface area (Å²) in [7, 11) is 1.74. The summed E-state index contributed by atoms with van der Waals surface area (Å²) in [4.78, 5) is 15.8. The van der Waals surface area contributed by atoms with Crippen molar-refractivity contribution >= 4 is 17.6 Å². The number of methoxy groups -OCH3 is 1. The van der Waals surface area contributed by atoms with Gasteiger partial charge in [0.25, 0.3) is 0 Å². The van der Waals surface area contributed by atoms with Gasteiger partial charge in [0.05, 0.1) is 17.2 Å². The Kier molecular flexibility index (Phi) is 6.03. The number of aromatic carboxylic acids is 1. The molecule has 23 heavy (non-hydrogen) atoms. The van der Waals surface area contributed by atoms with Crippen LogP contribution >= 0.6 is 11.6 Å². The summed E-state index contributed by atoms with van der Waals surface area (Å²) >= 11 is 6.04. The third-order valence-electron chi connectivity index (χ3n) is 4.40. The number of piperazine rings is 1. The standard InChI is InChI=1S/C17H25ClN2O3/c1-17(2,12-23-3)20-8-6-19(7-9-20)11-13-4-5-14(16(21)22)15(18)10-13/h4-5,10H,6-9,11-12H2,1-3H3,(H,21,22). The lowest BCUT2D eigenvalue weighted by molar-refractivity contribution is 0.000752. The van der Waals surface area contributed by atoms with Crippen LogP contribution in [0.15, 0.2) is 18.2 Å². The number of carboxylic acid groups (broad SMARTS) is 1. The van der Waals surface area contributed by atoms with Gasteiger partial charge in [-0.25, -0.2) is 4.79 Å². The van der Waals surface area contributed by atoms with Gasteiger partial charge >= 0.3 is 5.97 Å². The molecule has 0 bridgehead atoms. The first-order valence-corrected chi connectivity index (χ1v) is 8.19. The van der Waals surface area contributed by atoms with Crippen molar-refractivity contribution in [3.8, 4) is 0 Å². The van der Waals surface area contributed by atoms with Crippen molar-refractivity contribution in [3.63, 3.8) is 0 Å².